The molecule has 1 aliphatic carbocycles. The molecule has 2 aliphatic rings. The number of anilines is 1. The van der Waals surface area contributed by atoms with Crippen molar-refractivity contribution >= 4 is 5.69 Å². The van der Waals surface area contributed by atoms with Crippen LogP contribution in [0.4, 0.5) is 5.69 Å². The summed E-state index contributed by atoms with van der Waals surface area (Å²) in [5.74, 6) is 0.676. The summed E-state index contributed by atoms with van der Waals surface area (Å²) in [7, 11) is 2.04. The van der Waals surface area contributed by atoms with Crippen molar-refractivity contribution in [2.45, 2.75) is 45.3 Å². The minimum atomic E-state index is -0.133. The van der Waals surface area contributed by atoms with E-state index in [1.807, 2.05) is 33.0 Å². The molecule has 3 aromatic rings. The van der Waals surface area contributed by atoms with Gasteiger partial charge < -0.3 is 9.42 Å². The van der Waals surface area contributed by atoms with Crippen molar-refractivity contribution in [1.29, 1.82) is 0 Å². The number of rotatable bonds is 6. The van der Waals surface area contributed by atoms with E-state index in [-0.39, 0.29) is 5.56 Å². The highest BCUT2D eigenvalue weighted by molar-refractivity contribution is 5.62. The number of likely N-dealkylation sites (N-methyl/N-ethyl adjacent to an activating group) is 1. The van der Waals surface area contributed by atoms with Crippen molar-refractivity contribution in [3.05, 3.63) is 58.0 Å². The van der Waals surface area contributed by atoms with Crippen molar-refractivity contribution in [2.24, 2.45) is 0 Å². The Morgan fingerprint density at radius 3 is 2.67 bits per heavy atom. The molecule has 5 rings (SSSR count). The highest BCUT2D eigenvalue weighted by atomic mass is 16.5. The fourth-order valence-electron chi connectivity index (χ4n) is 3.98. The van der Waals surface area contributed by atoms with Crippen LogP contribution in [-0.4, -0.2) is 57.0 Å². The zero-order valence-electron chi connectivity index (χ0n) is 17.6. The first kappa shape index (κ1) is 19.0. The van der Waals surface area contributed by atoms with E-state index < -0.39 is 0 Å². The largest absolute Gasteiger partial charge is 0.368 e. The van der Waals surface area contributed by atoms with Crippen LogP contribution in [0.25, 0.3) is 11.3 Å². The second kappa shape index (κ2) is 7.36. The number of nitrogens with zero attached hydrogens (tertiary/aromatic N) is 6. The number of pyridine rings is 1. The summed E-state index contributed by atoms with van der Waals surface area (Å²) in [6.07, 6.45) is 6.21. The highest BCUT2D eigenvalue weighted by Crippen LogP contribution is 2.32. The van der Waals surface area contributed by atoms with Gasteiger partial charge in [-0.05, 0) is 38.8 Å². The van der Waals surface area contributed by atoms with Gasteiger partial charge in [-0.2, -0.15) is 5.10 Å². The van der Waals surface area contributed by atoms with Gasteiger partial charge in [-0.15, -0.1) is 0 Å². The minimum absolute atomic E-state index is 0.133. The molecule has 0 radical (unpaired) electrons. The summed E-state index contributed by atoms with van der Waals surface area (Å²) in [6.45, 7) is 6.23. The van der Waals surface area contributed by atoms with Crippen LogP contribution in [0.5, 0.6) is 0 Å². The van der Waals surface area contributed by atoms with Crippen molar-refractivity contribution < 1.29 is 4.52 Å². The molecule has 8 nitrogen and oxygen atoms in total. The fourth-order valence-corrected chi connectivity index (χ4v) is 3.98. The Balaban J connectivity index is 1.34. The van der Waals surface area contributed by atoms with Crippen molar-refractivity contribution in [3.8, 4) is 11.3 Å². The quantitative estimate of drug-likeness (QED) is 0.621. The van der Waals surface area contributed by atoms with E-state index in [4.69, 9.17) is 4.52 Å². The van der Waals surface area contributed by atoms with Crippen molar-refractivity contribution in [3.63, 3.8) is 0 Å². The molecular weight excluding hydrogens is 380 g/mol. The molecule has 3 aromatic heterocycles. The molecule has 0 amide bonds. The third-order valence-electron chi connectivity index (χ3n) is 6.24. The third-order valence-corrected chi connectivity index (χ3v) is 6.24. The van der Waals surface area contributed by atoms with E-state index in [1.54, 1.807) is 18.5 Å². The first-order valence-electron chi connectivity index (χ1n) is 10.4. The lowest BCUT2D eigenvalue weighted by atomic mass is 10.1. The summed E-state index contributed by atoms with van der Waals surface area (Å²) >= 11 is 0. The molecule has 30 heavy (non-hydrogen) atoms. The van der Waals surface area contributed by atoms with Crippen LogP contribution in [0, 0.1) is 13.8 Å². The number of aryl methyl sites for hydroxylation is 2. The maximum Gasteiger partial charge on any atom is 0.269 e. The van der Waals surface area contributed by atoms with Crippen LogP contribution >= 0.6 is 0 Å². The van der Waals surface area contributed by atoms with Crippen LogP contribution in [0.3, 0.4) is 0 Å². The molecule has 4 heterocycles. The van der Waals surface area contributed by atoms with Gasteiger partial charge in [0.2, 0.25) is 0 Å². The van der Waals surface area contributed by atoms with Gasteiger partial charge in [-0.25, -0.2) is 4.68 Å². The molecule has 0 N–H and O–H groups in total. The van der Waals surface area contributed by atoms with Crippen LogP contribution in [0.2, 0.25) is 0 Å². The highest BCUT2D eigenvalue weighted by Gasteiger charge is 2.39. The van der Waals surface area contributed by atoms with E-state index >= 15 is 0 Å². The topological polar surface area (TPSA) is 80.3 Å². The molecular formula is C22H26N6O2. The molecule has 1 saturated carbocycles. The average Bonchev–Trinajstić information content (AvgIpc) is 3.46. The number of likely N-dealkylation sites (tertiary alicyclic amines) is 1. The van der Waals surface area contributed by atoms with Crippen LogP contribution in [0.1, 0.15) is 29.9 Å². The number of aromatic nitrogens is 4. The van der Waals surface area contributed by atoms with Gasteiger partial charge >= 0.3 is 0 Å². The molecule has 0 aromatic carbocycles. The summed E-state index contributed by atoms with van der Waals surface area (Å²) in [4.78, 5) is 21.8. The third kappa shape index (κ3) is 3.52. The molecule has 1 aliphatic heterocycles. The second-order valence-corrected chi connectivity index (χ2v) is 8.41. The lowest BCUT2D eigenvalue weighted by Crippen LogP contribution is -2.59. The Morgan fingerprint density at radius 1 is 1.20 bits per heavy atom. The molecule has 0 atom stereocenters. The predicted molar refractivity (Wildman–Crippen MR) is 114 cm³/mol. The lowest BCUT2D eigenvalue weighted by molar-refractivity contribution is 0.138. The van der Waals surface area contributed by atoms with Crippen LogP contribution < -0.4 is 10.5 Å². The Kier molecular flexibility index (Phi) is 4.66. The van der Waals surface area contributed by atoms with Gasteiger partial charge in [0, 0.05) is 55.3 Å². The van der Waals surface area contributed by atoms with E-state index in [0.29, 0.717) is 24.0 Å². The normalized spacial score (nSPS) is 17.2. The minimum Gasteiger partial charge on any atom is -0.368 e. The summed E-state index contributed by atoms with van der Waals surface area (Å²) in [6, 6.07) is 6.81. The molecule has 0 spiro atoms. The zero-order valence-corrected chi connectivity index (χ0v) is 17.6. The van der Waals surface area contributed by atoms with Gasteiger partial charge in [0.15, 0.2) is 0 Å². The first-order valence-corrected chi connectivity index (χ1v) is 10.4. The van der Waals surface area contributed by atoms with Crippen LogP contribution in [0.15, 0.2) is 39.9 Å². The van der Waals surface area contributed by atoms with Gasteiger partial charge in [0.1, 0.15) is 11.5 Å². The Hall–Kier alpha value is -3.00. The van der Waals surface area contributed by atoms with Crippen LogP contribution in [-0.2, 0) is 6.54 Å². The maximum atomic E-state index is 12.8. The standard InChI is InChI=1S/C22H26N6O2/c1-14-4-5-16(9-23-14)22-20(15(2)30-25-22)13-28-21(29)8-18(10-24-28)26(3)19-11-27(12-19)17-6-7-17/h4-5,8-10,17,19H,6-7,11-13H2,1-3H3. The summed E-state index contributed by atoms with van der Waals surface area (Å²) in [5.41, 5.74) is 4.07. The molecule has 0 bridgehead atoms. The summed E-state index contributed by atoms with van der Waals surface area (Å²) < 4.78 is 6.87. The summed E-state index contributed by atoms with van der Waals surface area (Å²) in [5, 5.41) is 8.62. The monoisotopic (exact) mass is 406 g/mol. The first-order chi connectivity index (χ1) is 14.5. The molecule has 1 saturated heterocycles. The van der Waals surface area contributed by atoms with Gasteiger partial charge in [-0.1, -0.05) is 5.16 Å². The SMILES string of the molecule is Cc1ccc(-c2noc(C)c2Cn2ncc(N(C)C3CN(C4CC4)C3)cc2=O)cn1. The number of hydrogen-bond donors (Lipinski definition) is 0. The van der Waals surface area contributed by atoms with E-state index in [1.165, 1.54) is 17.5 Å². The van der Waals surface area contributed by atoms with E-state index in [9.17, 15) is 4.79 Å². The van der Waals surface area contributed by atoms with E-state index in [0.717, 1.165) is 41.6 Å². The van der Waals surface area contributed by atoms with Gasteiger partial charge in [0.05, 0.1) is 24.5 Å². The van der Waals surface area contributed by atoms with Gasteiger partial charge in [0.25, 0.3) is 5.56 Å². The molecule has 2 fully saturated rings. The second-order valence-electron chi connectivity index (χ2n) is 8.41. The van der Waals surface area contributed by atoms with Crippen molar-refractivity contribution in [2.75, 3.05) is 25.0 Å². The Morgan fingerprint density at radius 2 is 2.00 bits per heavy atom. The average molecular weight is 406 g/mol. The Labute approximate surface area is 175 Å². The maximum absolute atomic E-state index is 12.8. The van der Waals surface area contributed by atoms with Crippen molar-refractivity contribution in [1.82, 2.24) is 24.8 Å². The molecule has 0 unspecified atom stereocenters. The molecule has 156 valence electrons. The van der Waals surface area contributed by atoms with Gasteiger partial charge in [-0.3, -0.25) is 14.7 Å². The Bertz CT molecular complexity index is 1110. The lowest BCUT2D eigenvalue weighted by Gasteiger charge is -2.45. The smallest absolute Gasteiger partial charge is 0.269 e. The fraction of sp³-hybridized carbons (Fsp3) is 0.455. The molecule has 8 heteroatoms. The zero-order chi connectivity index (χ0) is 20.8. The van der Waals surface area contributed by atoms with E-state index in [2.05, 4.69) is 25.0 Å². The predicted octanol–water partition coefficient (Wildman–Crippen LogP) is 2.24. The number of hydrogen-bond acceptors (Lipinski definition) is 7.